The van der Waals surface area contributed by atoms with Crippen LogP contribution in [0.4, 0.5) is 0 Å². The zero-order valence-electron chi connectivity index (χ0n) is 7.68. The van der Waals surface area contributed by atoms with Gasteiger partial charge in [-0.25, -0.2) is 0 Å². The van der Waals surface area contributed by atoms with Crippen LogP contribution < -0.4 is 5.32 Å². The van der Waals surface area contributed by atoms with Gasteiger partial charge >= 0.3 is 0 Å². The lowest BCUT2D eigenvalue weighted by Crippen LogP contribution is -2.45. The van der Waals surface area contributed by atoms with Crippen molar-refractivity contribution in [1.29, 1.82) is 5.26 Å². The van der Waals surface area contributed by atoms with Crippen LogP contribution in [0, 0.1) is 17.2 Å². The summed E-state index contributed by atoms with van der Waals surface area (Å²) in [6.45, 7) is 0. The van der Waals surface area contributed by atoms with E-state index < -0.39 is 5.54 Å². The molecule has 0 bridgehead atoms. The quantitative estimate of drug-likeness (QED) is 0.694. The van der Waals surface area contributed by atoms with Gasteiger partial charge in [0.05, 0.1) is 6.07 Å². The average Bonchev–Trinajstić information content (AvgIpc) is 2.89. The smallest absolute Gasteiger partial charge is 0.224 e. The van der Waals surface area contributed by atoms with Gasteiger partial charge in [0.15, 0.2) is 0 Å². The highest BCUT2D eigenvalue weighted by molar-refractivity contribution is 5.82. The third kappa shape index (κ3) is 1.67. The van der Waals surface area contributed by atoms with E-state index in [9.17, 15) is 4.79 Å². The molecule has 13 heavy (non-hydrogen) atoms. The van der Waals surface area contributed by atoms with Crippen LogP contribution in [-0.4, -0.2) is 11.4 Å². The van der Waals surface area contributed by atoms with Gasteiger partial charge < -0.3 is 5.32 Å². The summed E-state index contributed by atoms with van der Waals surface area (Å²) < 4.78 is 0. The molecular weight excluding hydrogens is 164 g/mol. The van der Waals surface area contributed by atoms with E-state index in [1.807, 2.05) is 0 Å². The predicted octanol–water partition coefficient (Wildman–Crippen LogP) is 1.35. The van der Waals surface area contributed by atoms with Crippen molar-refractivity contribution in [2.24, 2.45) is 5.92 Å². The van der Waals surface area contributed by atoms with Gasteiger partial charge in [0.2, 0.25) is 5.91 Å². The highest BCUT2D eigenvalue weighted by Crippen LogP contribution is 2.33. The molecule has 2 rings (SSSR count). The molecule has 2 saturated carbocycles. The van der Waals surface area contributed by atoms with Crippen LogP contribution in [0.1, 0.15) is 38.5 Å². The van der Waals surface area contributed by atoms with Crippen LogP contribution in [0.15, 0.2) is 0 Å². The molecule has 0 aromatic heterocycles. The van der Waals surface area contributed by atoms with Crippen LogP contribution in [0.3, 0.4) is 0 Å². The molecule has 2 aliphatic carbocycles. The van der Waals surface area contributed by atoms with Crippen LogP contribution in [0.5, 0.6) is 0 Å². The summed E-state index contributed by atoms with van der Waals surface area (Å²) in [4.78, 5) is 11.5. The van der Waals surface area contributed by atoms with E-state index in [1.54, 1.807) is 0 Å². The van der Waals surface area contributed by atoms with Crippen molar-refractivity contribution < 1.29 is 4.79 Å². The van der Waals surface area contributed by atoms with Gasteiger partial charge in [0.25, 0.3) is 0 Å². The van der Waals surface area contributed by atoms with Crippen molar-refractivity contribution >= 4 is 5.91 Å². The molecule has 70 valence electrons. The minimum Gasteiger partial charge on any atom is -0.338 e. The fourth-order valence-corrected chi connectivity index (χ4v) is 1.93. The third-order valence-electron chi connectivity index (χ3n) is 2.98. The number of nitriles is 1. The minimum absolute atomic E-state index is 0.100. The summed E-state index contributed by atoms with van der Waals surface area (Å²) in [6.07, 6.45) is 5.82. The second-order valence-corrected chi connectivity index (χ2v) is 4.16. The van der Waals surface area contributed by atoms with Crippen molar-refractivity contribution in [3.63, 3.8) is 0 Å². The highest BCUT2D eigenvalue weighted by Gasteiger charge is 2.39. The summed E-state index contributed by atoms with van der Waals surface area (Å²) in [5.41, 5.74) is -0.514. The Labute approximate surface area is 78.1 Å². The number of carbonyl (C=O) groups is 1. The van der Waals surface area contributed by atoms with E-state index in [0.29, 0.717) is 0 Å². The Kier molecular flexibility index (Phi) is 1.99. The van der Waals surface area contributed by atoms with Crippen molar-refractivity contribution in [2.75, 3.05) is 0 Å². The van der Waals surface area contributed by atoms with Crippen molar-refractivity contribution in [1.82, 2.24) is 5.32 Å². The minimum atomic E-state index is -0.514. The van der Waals surface area contributed by atoms with Crippen molar-refractivity contribution in [3.8, 4) is 6.07 Å². The van der Waals surface area contributed by atoms with Crippen LogP contribution >= 0.6 is 0 Å². The fourth-order valence-electron chi connectivity index (χ4n) is 1.93. The first-order valence-corrected chi connectivity index (χ1v) is 4.99. The van der Waals surface area contributed by atoms with E-state index in [4.69, 9.17) is 5.26 Å². The average molecular weight is 178 g/mol. The molecule has 0 aromatic carbocycles. The van der Waals surface area contributed by atoms with Gasteiger partial charge in [-0.3, -0.25) is 4.79 Å². The summed E-state index contributed by atoms with van der Waals surface area (Å²) in [5.74, 6) is 0.314. The zero-order chi connectivity index (χ0) is 9.31. The summed E-state index contributed by atoms with van der Waals surface area (Å²) in [7, 11) is 0. The van der Waals surface area contributed by atoms with Gasteiger partial charge in [-0.1, -0.05) is 0 Å². The first-order chi connectivity index (χ1) is 6.26. The first kappa shape index (κ1) is 8.55. The van der Waals surface area contributed by atoms with Gasteiger partial charge in [-0.2, -0.15) is 5.26 Å². The second-order valence-electron chi connectivity index (χ2n) is 4.16. The molecule has 0 unspecified atom stereocenters. The maximum atomic E-state index is 11.5. The molecule has 0 spiro atoms. The Morgan fingerprint density at radius 1 is 1.38 bits per heavy atom. The van der Waals surface area contributed by atoms with E-state index in [-0.39, 0.29) is 11.8 Å². The molecule has 0 saturated heterocycles. The largest absolute Gasteiger partial charge is 0.338 e. The number of hydrogen-bond donors (Lipinski definition) is 1. The standard InChI is InChI=1S/C10H14N2O/c11-7-10(5-1-2-6-10)12-9(13)8-3-4-8/h8H,1-6H2,(H,12,13). The molecule has 0 aliphatic heterocycles. The Morgan fingerprint density at radius 3 is 2.46 bits per heavy atom. The lowest BCUT2D eigenvalue weighted by atomic mass is 9.99. The van der Waals surface area contributed by atoms with Gasteiger partial charge in [0.1, 0.15) is 5.54 Å². The van der Waals surface area contributed by atoms with Gasteiger partial charge in [-0.15, -0.1) is 0 Å². The van der Waals surface area contributed by atoms with E-state index >= 15 is 0 Å². The lowest BCUT2D eigenvalue weighted by molar-refractivity contribution is -0.123. The number of rotatable bonds is 2. The third-order valence-corrected chi connectivity index (χ3v) is 2.98. The molecule has 0 atom stereocenters. The number of carbonyl (C=O) groups excluding carboxylic acids is 1. The Hall–Kier alpha value is -1.04. The maximum absolute atomic E-state index is 11.5. The summed E-state index contributed by atoms with van der Waals surface area (Å²) in [5, 5.41) is 11.9. The monoisotopic (exact) mass is 178 g/mol. The fraction of sp³-hybridized carbons (Fsp3) is 0.800. The molecule has 2 fully saturated rings. The number of nitrogens with one attached hydrogen (secondary N) is 1. The van der Waals surface area contributed by atoms with Gasteiger partial charge in [-0.05, 0) is 38.5 Å². The normalized spacial score (nSPS) is 25.2. The van der Waals surface area contributed by atoms with E-state index in [0.717, 1.165) is 38.5 Å². The zero-order valence-corrected chi connectivity index (χ0v) is 7.68. The van der Waals surface area contributed by atoms with E-state index in [2.05, 4.69) is 11.4 Å². The second kappa shape index (κ2) is 3.02. The molecule has 2 aliphatic rings. The molecule has 3 heteroatoms. The summed E-state index contributed by atoms with van der Waals surface area (Å²) >= 11 is 0. The molecule has 0 radical (unpaired) electrons. The van der Waals surface area contributed by atoms with E-state index in [1.165, 1.54) is 0 Å². The molecule has 1 N–H and O–H groups in total. The first-order valence-electron chi connectivity index (χ1n) is 4.99. The van der Waals surface area contributed by atoms with Crippen LogP contribution in [-0.2, 0) is 4.79 Å². The maximum Gasteiger partial charge on any atom is 0.224 e. The lowest BCUT2D eigenvalue weighted by Gasteiger charge is -2.21. The van der Waals surface area contributed by atoms with Crippen LogP contribution in [0.2, 0.25) is 0 Å². The molecular formula is C10H14N2O. The number of nitrogens with zero attached hydrogens (tertiary/aromatic N) is 1. The Balaban J connectivity index is 1.97. The highest BCUT2D eigenvalue weighted by atomic mass is 16.2. The predicted molar refractivity (Wildman–Crippen MR) is 47.7 cm³/mol. The number of hydrogen-bond acceptors (Lipinski definition) is 2. The Bertz CT molecular complexity index is 257. The topological polar surface area (TPSA) is 52.9 Å². The molecule has 1 amide bonds. The summed E-state index contributed by atoms with van der Waals surface area (Å²) in [6, 6.07) is 2.26. The molecule has 0 heterocycles. The van der Waals surface area contributed by atoms with Gasteiger partial charge in [0, 0.05) is 5.92 Å². The van der Waals surface area contributed by atoms with Crippen LogP contribution in [0.25, 0.3) is 0 Å². The van der Waals surface area contributed by atoms with Crippen molar-refractivity contribution in [2.45, 2.75) is 44.1 Å². The molecule has 3 nitrogen and oxygen atoms in total. The Morgan fingerprint density at radius 2 is 2.00 bits per heavy atom. The SMILES string of the molecule is N#CC1(NC(=O)C2CC2)CCCC1. The van der Waals surface area contributed by atoms with Crippen molar-refractivity contribution in [3.05, 3.63) is 0 Å². The molecule has 0 aromatic rings. The number of amides is 1.